The Morgan fingerprint density at radius 2 is 1.65 bits per heavy atom. The molecule has 1 heterocycles. The molecule has 0 saturated carbocycles. The maximum Gasteiger partial charge on any atom is 0.489 e. The van der Waals surface area contributed by atoms with Gasteiger partial charge in [-0.3, -0.25) is 9.19 Å². The molecule has 0 amide bonds. The standard InChI is InChI=1S/C15H16NO3P/c17-20(19-15-10-5-2-6-11-15)16(12-7-13-18-20)14-8-3-1-4-9-14/h1-6,8-11H,7,12-13H2/t20-/m1/s1. The summed E-state index contributed by atoms with van der Waals surface area (Å²) in [4.78, 5) is 0. The van der Waals surface area contributed by atoms with E-state index in [-0.39, 0.29) is 0 Å². The van der Waals surface area contributed by atoms with Crippen LogP contribution in [0.25, 0.3) is 0 Å². The first-order valence-corrected chi connectivity index (χ1v) is 8.10. The van der Waals surface area contributed by atoms with Gasteiger partial charge in [0.15, 0.2) is 0 Å². The molecule has 0 spiro atoms. The molecule has 1 saturated heterocycles. The number of rotatable bonds is 3. The minimum Gasteiger partial charge on any atom is -0.409 e. The minimum atomic E-state index is -3.33. The van der Waals surface area contributed by atoms with Gasteiger partial charge in [0.2, 0.25) is 0 Å². The van der Waals surface area contributed by atoms with E-state index in [0.717, 1.165) is 12.1 Å². The number of nitrogens with zero attached hydrogens (tertiary/aromatic N) is 1. The molecule has 5 heteroatoms. The van der Waals surface area contributed by atoms with Gasteiger partial charge in [-0.25, -0.2) is 4.57 Å². The molecule has 0 aromatic heterocycles. The van der Waals surface area contributed by atoms with Crippen LogP contribution in [0.2, 0.25) is 0 Å². The van der Waals surface area contributed by atoms with Crippen LogP contribution in [-0.4, -0.2) is 13.2 Å². The van der Waals surface area contributed by atoms with Crippen molar-refractivity contribution in [2.75, 3.05) is 17.8 Å². The van der Waals surface area contributed by atoms with Gasteiger partial charge in [0.1, 0.15) is 5.75 Å². The lowest BCUT2D eigenvalue weighted by molar-refractivity contribution is 0.242. The van der Waals surface area contributed by atoms with E-state index in [1.54, 1.807) is 16.8 Å². The largest absolute Gasteiger partial charge is 0.489 e. The molecule has 104 valence electrons. The average Bonchev–Trinajstić information content (AvgIpc) is 2.49. The van der Waals surface area contributed by atoms with Crippen LogP contribution < -0.4 is 9.19 Å². The van der Waals surface area contributed by atoms with Crippen molar-refractivity contribution in [3.05, 3.63) is 60.7 Å². The predicted molar refractivity (Wildman–Crippen MR) is 79.0 cm³/mol. The van der Waals surface area contributed by atoms with Gasteiger partial charge in [-0.1, -0.05) is 36.4 Å². The normalized spacial score (nSPS) is 22.5. The zero-order chi connectivity index (χ0) is 13.8. The number of hydrogen-bond donors (Lipinski definition) is 0. The van der Waals surface area contributed by atoms with Gasteiger partial charge in [0.05, 0.1) is 6.61 Å². The molecule has 0 radical (unpaired) electrons. The third-order valence-corrected chi connectivity index (χ3v) is 5.06. The highest BCUT2D eigenvalue weighted by Crippen LogP contribution is 2.55. The van der Waals surface area contributed by atoms with Gasteiger partial charge in [-0.05, 0) is 30.7 Å². The van der Waals surface area contributed by atoms with Crippen LogP contribution in [0.5, 0.6) is 5.75 Å². The SMILES string of the molecule is O=[P@@]1(Oc2ccccc2)OCCCN1c1ccccc1. The second kappa shape index (κ2) is 5.70. The summed E-state index contributed by atoms with van der Waals surface area (Å²) in [6, 6.07) is 18.7. The van der Waals surface area contributed by atoms with Gasteiger partial charge in [0, 0.05) is 12.2 Å². The lowest BCUT2D eigenvalue weighted by atomic mass is 10.3. The molecule has 3 rings (SSSR count). The molecular weight excluding hydrogens is 273 g/mol. The highest BCUT2D eigenvalue weighted by Gasteiger charge is 2.38. The van der Waals surface area contributed by atoms with Crippen LogP contribution in [0.3, 0.4) is 0 Å². The molecule has 1 atom stereocenters. The molecule has 20 heavy (non-hydrogen) atoms. The molecule has 2 aromatic rings. The van der Waals surface area contributed by atoms with E-state index in [9.17, 15) is 4.57 Å². The molecule has 1 aliphatic heterocycles. The van der Waals surface area contributed by atoms with Crippen LogP contribution in [-0.2, 0) is 9.09 Å². The smallest absolute Gasteiger partial charge is 0.409 e. The Morgan fingerprint density at radius 3 is 2.35 bits per heavy atom. The van der Waals surface area contributed by atoms with Crippen molar-refractivity contribution >= 4 is 13.4 Å². The van der Waals surface area contributed by atoms with Crippen LogP contribution in [0.4, 0.5) is 5.69 Å². The van der Waals surface area contributed by atoms with Crippen LogP contribution >= 0.6 is 7.75 Å². The molecule has 0 bridgehead atoms. The molecule has 2 aromatic carbocycles. The second-order valence-corrected chi connectivity index (χ2v) is 6.38. The first-order chi connectivity index (χ1) is 9.78. The Balaban J connectivity index is 1.90. The molecule has 4 nitrogen and oxygen atoms in total. The van der Waals surface area contributed by atoms with E-state index >= 15 is 0 Å². The van der Waals surface area contributed by atoms with Crippen LogP contribution in [0.1, 0.15) is 6.42 Å². The zero-order valence-corrected chi connectivity index (χ0v) is 11.9. The van der Waals surface area contributed by atoms with Gasteiger partial charge in [0.25, 0.3) is 0 Å². The number of para-hydroxylation sites is 2. The fraction of sp³-hybridized carbons (Fsp3) is 0.200. The van der Waals surface area contributed by atoms with Crippen molar-refractivity contribution in [3.8, 4) is 5.75 Å². The number of hydrogen-bond acceptors (Lipinski definition) is 3. The van der Waals surface area contributed by atoms with Crippen molar-refractivity contribution in [2.45, 2.75) is 6.42 Å². The van der Waals surface area contributed by atoms with Crippen molar-refractivity contribution in [3.63, 3.8) is 0 Å². The summed E-state index contributed by atoms with van der Waals surface area (Å²) in [6.45, 7) is 1.11. The van der Waals surface area contributed by atoms with E-state index in [1.807, 2.05) is 48.5 Å². The van der Waals surface area contributed by atoms with Crippen molar-refractivity contribution < 1.29 is 13.6 Å². The fourth-order valence-electron chi connectivity index (χ4n) is 2.15. The fourth-order valence-corrected chi connectivity index (χ4v) is 3.99. The quantitative estimate of drug-likeness (QED) is 0.797. The highest BCUT2D eigenvalue weighted by atomic mass is 31.2. The maximum absolute atomic E-state index is 13.0. The van der Waals surface area contributed by atoms with E-state index in [0.29, 0.717) is 18.9 Å². The Hall–Kier alpha value is -1.77. The van der Waals surface area contributed by atoms with E-state index in [2.05, 4.69) is 0 Å². The number of anilines is 1. The highest BCUT2D eigenvalue weighted by molar-refractivity contribution is 7.56. The first kappa shape index (κ1) is 13.2. The van der Waals surface area contributed by atoms with Gasteiger partial charge >= 0.3 is 7.75 Å². The van der Waals surface area contributed by atoms with E-state index in [1.165, 1.54) is 0 Å². The molecule has 1 aliphatic rings. The Bertz CT molecular complexity index is 603. The predicted octanol–water partition coefficient (Wildman–Crippen LogP) is 4.10. The molecular formula is C15H16NO3P. The molecule has 1 fully saturated rings. The molecule has 0 unspecified atom stereocenters. The monoisotopic (exact) mass is 289 g/mol. The van der Waals surface area contributed by atoms with E-state index < -0.39 is 7.75 Å². The summed E-state index contributed by atoms with van der Waals surface area (Å²) in [7, 11) is -3.33. The van der Waals surface area contributed by atoms with Crippen molar-refractivity contribution in [1.82, 2.24) is 0 Å². The van der Waals surface area contributed by atoms with Gasteiger partial charge in [-0.2, -0.15) is 0 Å². The average molecular weight is 289 g/mol. The third-order valence-electron chi connectivity index (χ3n) is 3.08. The first-order valence-electron chi connectivity index (χ1n) is 6.60. The summed E-state index contributed by atoms with van der Waals surface area (Å²) < 4.78 is 25.9. The van der Waals surface area contributed by atoms with Crippen LogP contribution in [0.15, 0.2) is 60.7 Å². The molecule has 0 N–H and O–H groups in total. The third kappa shape index (κ3) is 2.72. The number of benzene rings is 2. The van der Waals surface area contributed by atoms with Gasteiger partial charge in [-0.15, -0.1) is 0 Å². The topological polar surface area (TPSA) is 38.8 Å². The Morgan fingerprint density at radius 1 is 1.00 bits per heavy atom. The zero-order valence-electron chi connectivity index (χ0n) is 11.0. The second-order valence-electron chi connectivity index (χ2n) is 4.52. The lowest BCUT2D eigenvalue weighted by Gasteiger charge is -2.35. The minimum absolute atomic E-state index is 0.452. The summed E-state index contributed by atoms with van der Waals surface area (Å²) in [5.74, 6) is 0.554. The lowest BCUT2D eigenvalue weighted by Crippen LogP contribution is -2.30. The van der Waals surface area contributed by atoms with Gasteiger partial charge < -0.3 is 4.52 Å². The van der Waals surface area contributed by atoms with E-state index in [4.69, 9.17) is 9.05 Å². The van der Waals surface area contributed by atoms with Crippen molar-refractivity contribution in [1.29, 1.82) is 0 Å². The summed E-state index contributed by atoms with van der Waals surface area (Å²) in [5, 5.41) is 0. The molecule has 0 aliphatic carbocycles. The van der Waals surface area contributed by atoms with Crippen LogP contribution in [0, 0.1) is 0 Å². The summed E-state index contributed by atoms with van der Waals surface area (Å²) in [6.07, 6.45) is 0.830. The summed E-state index contributed by atoms with van der Waals surface area (Å²) >= 11 is 0. The Labute approximate surface area is 118 Å². The van der Waals surface area contributed by atoms with Crippen molar-refractivity contribution in [2.24, 2.45) is 0 Å². The maximum atomic E-state index is 13.0. The Kier molecular flexibility index (Phi) is 3.77. The summed E-state index contributed by atoms with van der Waals surface area (Å²) in [5.41, 5.74) is 0.853.